The Hall–Kier alpha value is -2.37. The lowest BCUT2D eigenvalue weighted by atomic mass is 9.90. The lowest BCUT2D eigenvalue weighted by Crippen LogP contribution is -2.45. The van der Waals surface area contributed by atoms with Crippen LogP contribution in [0.1, 0.15) is 37.7 Å². The minimum atomic E-state index is -0.360. The molecule has 23 heavy (non-hydrogen) atoms. The number of fused-ring (bicyclic) bond motifs is 1. The van der Waals surface area contributed by atoms with E-state index in [0.29, 0.717) is 45.2 Å². The molecular formula is C17H21N3O3. The second-order valence-electron chi connectivity index (χ2n) is 6.19. The van der Waals surface area contributed by atoms with E-state index in [2.05, 4.69) is 10.6 Å². The number of urea groups is 1. The summed E-state index contributed by atoms with van der Waals surface area (Å²) in [7, 11) is 0. The van der Waals surface area contributed by atoms with Gasteiger partial charge in [-0.15, -0.1) is 0 Å². The molecule has 2 aliphatic heterocycles. The molecule has 0 saturated carbocycles. The molecule has 0 bridgehead atoms. The zero-order chi connectivity index (χ0) is 16.3. The standard InChI is InChI=1S/C17H21N3O3/c21-14-6-8-17(9-7-15(22)20(14)17)10-11-18-16(23)19-12-13-4-2-1-3-5-13/h1-5H,6-12H2,(H2,18,19,23). The van der Waals surface area contributed by atoms with Gasteiger partial charge < -0.3 is 10.6 Å². The maximum Gasteiger partial charge on any atom is 0.315 e. The fourth-order valence-electron chi connectivity index (χ4n) is 3.53. The molecule has 2 N–H and O–H groups in total. The summed E-state index contributed by atoms with van der Waals surface area (Å²) in [5.41, 5.74) is 0.677. The van der Waals surface area contributed by atoms with Crippen molar-refractivity contribution in [2.24, 2.45) is 0 Å². The van der Waals surface area contributed by atoms with Crippen LogP contribution < -0.4 is 10.6 Å². The van der Waals surface area contributed by atoms with E-state index in [1.165, 1.54) is 4.90 Å². The zero-order valence-electron chi connectivity index (χ0n) is 13.0. The Labute approximate surface area is 135 Å². The summed E-state index contributed by atoms with van der Waals surface area (Å²) in [5, 5.41) is 5.62. The predicted octanol–water partition coefficient (Wildman–Crippen LogP) is 1.56. The molecule has 2 aliphatic rings. The molecule has 4 amide bonds. The third-order valence-corrected chi connectivity index (χ3v) is 4.75. The first-order chi connectivity index (χ1) is 11.1. The molecule has 0 radical (unpaired) electrons. The molecule has 3 rings (SSSR count). The van der Waals surface area contributed by atoms with Gasteiger partial charge in [-0.2, -0.15) is 0 Å². The molecule has 1 aromatic rings. The Morgan fingerprint density at radius 2 is 1.70 bits per heavy atom. The van der Waals surface area contributed by atoms with Crippen molar-refractivity contribution in [2.75, 3.05) is 6.54 Å². The first kappa shape index (κ1) is 15.5. The fraction of sp³-hybridized carbons (Fsp3) is 0.471. The average molecular weight is 315 g/mol. The van der Waals surface area contributed by atoms with E-state index in [4.69, 9.17) is 0 Å². The highest BCUT2D eigenvalue weighted by atomic mass is 16.2. The molecule has 6 nitrogen and oxygen atoms in total. The third-order valence-electron chi connectivity index (χ3n) is 4.75. The number of nitrogens with zero attached hydrogens (tertiary/aromatic N) is 1. The first-order valence-corrected chi connectivity index (χ1v) is 8.02. The molecule has 0 aliphatic carbocycles. The molecule has 0 unspecified atom stereocenters. The first-order valence-electron chi connectivity index (χ1n) is 8.02. The molecule has 122 valence electrons. The molecule has 0 aromatic heterocycles. The lowest BCUT2D eigenvalue weighted by molar-refractivity contribution is -0.142. The zero-order valence-corrected chi connectivity index (χ0v) is 13.0. The number of amides is 4. The average Bonchev–Trinajstić information content (AvgIpc) is 3.06. The Kier molecular flexibility index (Phi) is 4.32. The van der Waals surface area contributed by atoms with Gasteiger partial charge in [0, 0.05) is 25.9 Å². The highest BCUT2D eigenvalue weighted by molar-refractivity contribution is 5.99. The van der Waals surface area contributed by atoms with E-state index in [0.717, 1.165) is 5.56 Å². The van der Waals surface area contributed by atoms with Gasteiger partial charge in [0.25, 0.3) is 0 Å². The van der Waals surface area contributed by atoms with Gasteiger partial charge in [0.05, 0.1) is 5.54 Å². The molecule has 1 aromatic carbocycles. The number of nitrogens with one attached hydrogen (secondary N) is 2. The molecule has 2 heterocycles. The van der Waals surface area contributed by atoms with Gasteiger partial charge in [-0.25, -0.2) is 4.79 Å². The largest absolute Gasteiger partial charge is 0.338 e. The molecular weight excluding hydrogens is 294 g/mol. The van der Waals surface area contributed by atoms with Gasteiger partial charge in [0.1, 0.15) is 0 Å². The summed E-state index contributed by atoms with van der Waals surface area (Å²) in [5.74, 6) is -0.137. The van der Waals surface area contributed by atoms with Gasteiger partial charge in [-0.3, -0.25) is 14.5 Å². The lowest BCUT2D eigenvalue weighted by Gasteiger charge is -2.30. The Morgan fingerprint density at radius 1 is 1.04 bits per heavy atom. The van der Waals surface area contributed by atoms with Crippen LogP contribution in [0.3, 0.4) is 0 Å². The maximum absolute atomic E-state index is 11.8. The van der Waals surface area contributed by atoms with Crippen molar-refractivity contribution in [1.29, 1.82) is 0 Å². The van der Waals surface area contributed by atoms with E-state index in [1.807, 2.05) is 30.3 Å². The van der Waals surface area contributed by atoms with E-state index >= 15 is 0 Å². The van der Waals surface area contributed by atoms with Crippen LogP contribution in [0.25, 0.3) is 0 Å². The summed E-state index contributed by atoms with van der Waals surface area (Å²) < 4.78 is 0. The molecule has 0 atom stereocenters. The number of rotatable bonds is 5. The topological polar surface area (TPSA) is 78.5 Å². The number of imide groups is 1. The summed E-state index contributed by atoms with van der Waals surface area (Å²) in [6.07, 6.45) is 2.93. The maximum atomic E-state index is 11.8. The predicted molar refractivity (Wildman–Crippen MR) is 84.3 cm³/mol. The SMILES string of the molecule is O=C(NCCC12CCC(=O)N1C(=O)CC2)NCc1ccccc1. The van der Waals surface area contributed by atoms with Crippen molar-refractivity contribution in [2.45, 2.75) is 44.2 Å². The van der Waals surface area contributed by atoms with Crippen LogP contribution in [0.4, 0.5) is 4.79 Å². The van der Waals surface area contributed by atoms with Gasteiger partial charge in [0.15, 0.2) is 0 Å². The monoisotopic (exact) mass is 315 g/mol. The summed E-state index contributed by atoms with van der Waals surface area (Å²) in [6, 6.07) is 9.45. The van der Waals surface area contributed by atoms with Crippen LogP contribution in [0.2, 0.25) is 0 Å². The number of hydrogen-bond donors (Lipinski definition) is 2. The molecule has 2 saturated heterocycles. The van der Waals surface area contributed by atoms with Crippen LogP contribution in [-0.4, -0.2) is 34.8 Å². The number of carbonyl (C=O) groups is 3. The smallest absolute Gasteiger partial charge is 0.315 e. The van der Waals surface area contributed by atoms with E-state index < -0.39 is 0 Å². The highest BCUT2D eigenvalue weighted by Gasteiger charge is 2.52. The van der Waals surface area contributed by atoms with E-state index in [9.17, 15) is 14.4 Å². The Balaban J connectivity index is 1.45. The number of benzene rings is 1. The highest BCUT2D eigenvalue weighted by Crippen LogP contribution is 2.42. The van der Waals surface area contributed by atoms with Gasteiger partial charge in [-0.05, 0) is 24.8 Å². The quantitative estimate of drug-likeness (QED) is 0.809. The van der Waals surface area contributed by atoms with Crippen molar-refractivity contribution in [1.82, 2.24) is 15.5 Å². The summed E-state index contributed by atoms with van der Waals surface area (Å²) >= 11 is 0. The Morgan fingerprint density at radius 3 is 2.35 bits per heavy atom. The second-order valence-corrected chi connectivity index (χ2v) is 6.19. The van der Waals surface area contributed by atoms with Crippen LogP contribution in [0.5, 0.6) is 0 Å². The van der Waals surface area contributed by atoms with Crippen LogP contribution >= 0.6 is 0 Å². The molecule has 6 heteroatoms. The minimum Gasteiger partial charge on any atom is -0.338 e. The molecule has 0 spiro atoms. The van der Waals surface area contributed by atoms with Gasteiger partial charge in [-0.1, -0.05) is 30.3 Å². The normalized spacial score (nSPS) is 18.9. The van der Waals surface area contributed by atoms with Gasteiger partial charge in [0.2, 0.25) is 11.8 Å². The van der Waals surface area contributed by atoms with Crippen molar-refractivity contribution in [3.8, 4) is 0 Å². The molecule has 2 fully saturated rings. The van der Waals surface area contributed by atoms with E-state index in [1.54, 1.807) is 0 Å². The number of hydrogen-bond acceptors (Lipinski definition) is 3. The Bertz CT molecular complexity index is 595. The minimum absolute atomic E-state index is 0.0685. The van der Waals surface area contributed by atoms with Crippen molar-refractivity contribution < 1.29 is 14.4 Å². The number of carbonyl (C=O) groups excluding carboxylic acids is 3. The van der Waals surface area contributed by atoms with Crippen LogP contribution in [0, 0.1) is 0 Å². The summed E-state index contributed by atoms with van der Waals surface area (Å²) in [4.78, 5) is 36.9. The summed E-state index contributed by atoms with van der Waals surface area (Å²) in [6.45, 7) is 0.929. The third kappa shape index (κ3) is 3.21. The van der Waals surface area contributed by atoms with E-state index in [-0.39, 0.29) is 23.4 Å². The second kappa shape index (κ2) is 6.40. The van der Waals surface area contributed by atoms with Crippen LogP contribution in [-0.2, 0) is 16.1 Å². The van der Waals surface area contributed by atoms with Crippen molar-refractivity contribution in [3.63, 3.8) is 0 Å². The fourth-order valence-corrected chi connectivity index (χ4v) is 3.53. The van der Waals surface area contributed by atoms with Crippen molar-refractivity contribution >= 4 is 17.8 Å². The van der Waals surface area contributed by atoms with Crippen molar-refractivity contribution in [3.05, 3.63) is 35.9 Å². The van der Waals surface area contributed by atoms with Gasteiger partial charge >= 0.3 is 6.03 Å². The van der Waals surface area contributed by atoms with Crippen LogP contribution in [0.15, 0.2) is 30.3 Å².